The van der Waals surface area contributed by atoms with Gasteiger partial charge in [-0.1, -0.05) is 0 Å². The first-order valence-electron chi connectivity index (χ1n) is 5.59. The van der Waals surface area contributed by atoms with Gasteiger partial charge >= 0.3 is 5.97 Å². The van der Waals surface area contributed by atoms with Crippen molar-refractivity contribution in [3.8, 4) is 12.1 Å². The van der Waals surface area contributed by atoms with Crippen LogP contribution in [0.2, 0.25) is 0 Å². The minimum absolute atomic E-state index is 0.110. The molecular formula is C13H12FN3O2. The van der Waals surface area contributed by atoms with Gasteiger partial charge in [0.15, 0.2) is 5.92 Å². The van der Waals surface area contributed by atoms with Gasteiger partial charge in [-0.05, 0) is 26.0 Å². The number of aromatic nitrogens is 1. The number of halogens is 1. The molecule has 0 aliphatic rings. The number of pyridine rings is 1. The van der Waals surface area contributed by atoms with E-state index in [1.807, 2.05) is 0 Å². The molecule has 0 fully saturated rings. The van der Waals surface area contributed by atoms with Crippen LogP contribution in [0.3, 0.4) is 0 Å². The first-order valence-corrected chi connectivity index (χ1v) is 5.59. The van der Waals surface area contributed by atoms with E-state index >= 15 is 0 Å². The van der Waals surface area contributed by atoms with E-state index in [2.05, 4.69) is 4.98 Å². The monoisotopic (exact) mass is 261 g/mol. The van der Waals surface area contributed by atoms with E-state index in [9.17, 15) is 9.18 Å². The Labute approximate surface area is 110 Å². The average Bonchev–Trinajstić information content (AvgIpc) is 2.40. The van der Waals surface area contributed by atoms with Crippen LogP contribution in [0.4, 0.5) is 4.39 Å². The number of hydrogen-bond acceptors (Lipinski definition) is 5. The van der Waals surface area contributed by atoms with Crippen molar-refractivity contribution in [3.05, 3.63) is 29.8 Å². The summed E-state index contributed by atoms with van der Waals surface area (Å²) in [7, 11) is 0. The van der Waals surface area contributed by atoms with Gasteiger partial charge in [0.05, 0.1) is 30.6 Å². The van der Waals surface area contributed by atoms with Crippen LogP contribution >= 0.6 is 0 Å². The van der Waals surface area contributed by atoms with Crippen molar-refractivity contribution in [2.45, 2.75) is 19.3 Å². The highest BCUT2D eigenvalue weighted by atomic mass is 19.1. The Morgan fingerprint density at radius 2 is 2.16 bits per heavy atom. The van der Waals surface area contributed by atoms with Gasteiger partial charge in [0.25, 0.3) is 0 Å². The van der Waals surface area contributed by atoms with Crippen LogP contribution in [-0.4, -0.2) is 17.6 Å². The molecule has 0 aliphatic heterocycles. The van der Waals surface area contributed by atoms with Crippen molar-refractivity contribution >= 4 is 5.97 Å². The molecule has 0 radical (unpaired) electrons. The molecule has 1 aromatic rings. The molecule has 19 heavy (non-hydrogen) atoms. The van der Waals surface area contributed by atoms with Gasteiger partial charge in [-0.15, -0.1) is 0 Å². The van der Waals surface area contributed by atoms with Gasteiger partial charge in [-0.2, -0.15) is 10.5 Å². The standard InChI is InChI=1S/C13H12FN3O2/c1-3-19-12(18)13(2,9(6-15)7-16)11-5-4-10(14)8-17-11/h4-5,8-9H,3H2,1-2H3. The van der Waals surface area contributed by atoms with Crippen LogP contribution in [0.15, 0.2) is 18.3 Å². The molecule has 1 aromatic heterocycles. The highest BCUT2D eigenvalue weighted by Gasteiger charge is 2.46. The summed E-state index contributed by atoms with van der Waals surface area (Å²) >= 11 is 0. The molecule has 98 valence electrons. The summed E-state index contributed by atoms with van der Waals surface area (Å²) in [5, 5.41) is 18.0. The van der Waals surface area contributed by atoms with E-state index < -0.39 is 23.1 Å². The van der Waals surface area contributed by atoms with Crippen molar-refractivity contribution in [1.29, 1.82) is 10.5 Å². The van der Waals surface area contributed by atoms with Crippen molar-refractivity contribution in [3.63, 3.8) is 0 Å². The quantitative estimate of drug-likeness (QED) is 0.770. The van der Waals surface area contributed by atoms with Crippen LogP contribution < -0.4 is 0 Å². The number of carbonyl (C=O) groups is 1. The van der Waals surface area contributed by atoms with Crippen LogP contribution in [0.5, 0.6) is 0 Å². The van der Waals surface area contributed by atoms with Gasteiger partial charge in [0, 0.05) is 0 Å². The molecule has 0 N–H and O–H groups in total. The molecule has 0 saturated heterocycles. The number of hydrogen-bond donors (Lipinski definition) is 0. The van der Waals surface area contributed by atoms with E-state index in [0.29, 0.717) is 0 Å². The average molecular weight is 261 g/mol. The van der Waals surface area contributed by atoms with E-state index in [0.717, 1.165) is 12.3 Å². The molecule has 1 unspecified atom stereocenters. The second-order valence-electron chi connectivity index (χ2n) is 3.98. The number of rotatable bonds is 4. The Balaban J connectivity index is 3.35. The summed E-state index contributed by atoms with van der Waals surface area (Å²) in [5.41, 5.74) is -1.42. The molecule has 0 bridgehead atoms. The Morgan fingerprint density at radius 3 is 2.58 bits per heavy atom. The van der Waals surface area contributed by atoms with Crippen molar-refractivity contribution in [2.24, 2.45) is 5.92 Å². The maximum atomic E-state index is 12.9. The third kappa shape index (κ3) is 2.69. The number of nitrogens with zero attached hydrogens (tertiary/aromatic N) is 3. The lowest BCUT2D eigenvalue weighted by molar-refractivity contribution is -0.150. The summed E-state index contributed by atoms with van der Waals surface area (Å²) < 4.78 is 17.8. The Morgan fingerprint density at radius 1 is 1.53 bits per heavy atom. The third-order valence-corrected chi connectivity index (χ3v) is 2.79. The molecular weight excluding hydrogens is 249 g/mol. The Kier molecular flexibility index (Phi) is 4.55. The predicted octanol–water partition coefficient (Wildman–Crippen LogP) is 1.70. The second-order valence-corrected chi connectivity index (χ2v) is 3.98. The minimum atomic E-state index is -1.55. The number of nitriles is 2. The van der Waals surface area contributed by atoms with Crippen LogP contribution in [0.25, 0.3) is 0 Å². The van der Waals surface area contributed by atoms with Crippen molar-refractivity contribution in [2.75, 3.05) is 6.61 Å². The summed E-state index contributed by atoms with van der Waals surface area (Å²) in [4.78, 5) is 15.8. The summed E-state index contributed by atoms with van der Waals surface area (Å²) in [5.74, 6) is -2.58. The molecule has 1 rings (SSSR count). The first-order chi connectivity index (χ1) is 9.00. The van der Waals surface area contributed by atoms with Gasteiger partial charge in [-0.25, -0.2) is 4.39 Å². The Hall–Kier alpha value is -2.47. The fraction of sp³-hybridized carbons (Fsp3) is 0.385. The second kappa shape index (κ2) is 5.92. The lowest BCUT2D eigenvalue weighted by Crippen LogP contribution is -2.41. The van der Waals surface area contributed by atoms with Crippen molar-refractivity contribution in [1.82, 2.24) is 4.98 Å². The van der Waals surface area contributed by atoms with Crippen LogP contribution in [0, 0.1) is 34.4 Å². The number of ether oxygens (including phenoxy) is 1. The van der Waals surface area contributed by atoms with E-state index in [4.69, 9.17) is 15.3 Å². The summed E-state index contributed by atoms with van der Waals surface area (Å²) in [6, 6.07) is 5.89. The fourth-order valence-electron chi connectivity index (χ4n) is 1.62. The van der Waals surface area contributed by atoms with Crippen LogP contribution in [-0.2, 0) is 14.9 Å². The highest BCUT2D eigenvalue weighted by Crippen LogP contribution is 2.32. The molecule has 1 heterocycles. The highest BCUT2D eigenvalue weighted by molar-refractivity contribution is 5.83. The number of esters is 1. The molecule has 5 nitrogen and oxygen atoms in total. The summed E-state index contributed by atoms with van der Waals surface area (Å²) in [6.45, 7) is 3.12. The van der Waals surface area contributed by atoms with E-state index in [-0.39, 0.29) is 12.3 Å². The van der Waals surface area contributed by atoms with E-state index in [1.54, 1.807) is 19.1 Å². The van der Waals surface area contributed by atoms with Crippen molar-refractivity contribution < 1.29 is 13.9 Å². The SMILES string of the molecule is CCOC(=O)C(C)(c1ccc(F)cn1)C(C#N)C#N. The molecule has 6 heteroatoms. The maximum Gasteiger partial charge on any atom is 0.320 e. The molecule has 0 spiro atoms. The minimum Gasteiger partial charge on any atom is -0.465 e. The van der Waals surface area contributed by atoms with Gasteiger partial charge in [-0.3, -0.25) is 9.78 Å². The zero-order valence-corrected chi connectivity index (χ0v) is 10.6. The normalized spacial score (nSPS) is 13.2. The molecule has 0 aromatic carbocycles. The smallest absolute Gasteiger partial charge is 0.320 e. The molecule has 1 atom stereocenters. The summed E-state index contributed by atoms with van der Waals surface area (Å²) in [6.07, 6.45) is 0.929. The third-order valence-electron chi connectivity index (χ3n) is 2.79. The molecule has 0 aliphatic carbocycles. The molecule has 0 saturated carbocycles. The molecule has 0 amide bonds. The fourth-order valence-corrected chi connectivity index (χ4v) is 1.62. The predicted molar refractivity (Wildman–Crippen MR) is 62.9 cm³/mol. The number of carbonyl (C=O) groups excluding carboxylic acids is 1. The van der Waals surface area contributed by atoms with E-state index in [1.165, 1.54) is 13.0 Å². The maximum absolute atomic E-state index is 12.9. The van der Waals surface area contributed by atoms with Gasteiger partial charge in [0.1, 0.15) is 11.2 Å². The lowest BCUT2D eigenvalue weighted by Gasteiger charge is -2.27. The topological polar surface area (TPSA) is 86.8 Å². The lowest BCUT2D eigenvalue weighted by atomic mass is 9.75. The first kappa shape index (κ1) is 14.6. The van der Waals surface area contributed by atoms with Crippen LogP contribution in [0.1, 0.15) is 19.5 Å². The zero-order chi connectivity index (χ0) is 14.5. The van der Waals surface area contributed by atoms with Gasteiger partial charge in [0.2, 0.25) is 0 Å². The largest absolute Gasteiger partial charge is 0.465 e. The van der Waals surface area contributed by atoms with Gasteiger partial charge < -0.3 is 4.74 Å². The zero-order valence-electron chi connectivity index (χ0n) is 10.6. The Bertz CT molecular complexity index is 530.